The number of aliphatic hydroxyl groups is 2. The van der Waals surface area contributed by atoms with E-state index in [0.717, 1.165) is 70.3 Å². The van der Waals surface area contributed by atoms with Crippen molar-refractivity contribution < 1.29 is 29.2 Å². The first-order valence-electron chi connectivity index (χ1n) is 14.3. The summed E-state index contributed by atoms with van der Waals surface area (Å²) in [6.07, 6.45) is 6.40. The molecule has 0 unspecified atom stereocenters. The van der Waals surface area contributed by atoms with E-state index in [1.807, 2.05) is 24.3 Å². The fourth-order valence-corrected chi connectivity index (χ4v) is 4.37. The second-order valence-electron chi connectivity index (χ2n) is 10.0. The van der Waals surface area contributed by atoms with Crippen molar-refractivity contribution in [3.63, 3.8) is 0 Å². The van der Waals surface area contributed by atoms with Crippen LogP contribution in [0.2, 0.25) is 0 Å². The Morgan fingerprint density at radius 2 is 1.59 bits per heavy atom. The number of carbonyl (C=O) groups is 1. The van der Waals surface area contributed by atoms with E-state index in [4.69, 9.17) is 4.74 Å². The van der Waals surface area contributed by atoms with E-state index in [1.165, 1.54) is 30.3 Å². The Morgan fingerprint density at radius 1 is 0.854 bits per heavy atom. The minimum absolute atomic E-state index is 0.0322. The number of nitrogens with one attached hydrogen (secondary N) is 3. The SMILES string of the molecule is O=C(Nc1ccc(F)cc1)Nc1cccc(CCCCOCCCCCCNC[C@H](O)c2ccc(O)c(CO)c2)c1. The lowest BCUT2D eigenvalue weighted by atomic mass is 10.1. The highest BCUT2D eigenvalue weighted by molar-refractivity contribution is 5.99. The van der Waals surface area contributed by atoms with Gasteiger partial charge in [0.05, 0.1) is 12.7 Å². The number of amides is 2. The number of unbranched alkanes of at least 4 members (excludes halogenated alkanes) is 4. The van der Waals surface area contributed by atoms with Crippen LogP contribution < -0.4 is 16.0 Å². The van der Waals surface area contributed by atoms with Crippen molar-refractivity contribution in [2.45, 2.75) is 57.7 Å². The third-order valence-corrected chi connectivity index (χ3v) is 6.68. The molecule has 0 aliphatic carbocycles. The lowest BCUT2D eigenvalue weighted by Crippen LogP contribution is -2.22. The smallest absolute Gasteiger partial charge is 0.323 e. The molecule has 3 rings (SSSR count). The quantitative estimate of drug-likeness (QED) is 0.107. The minimum Gasteiger partial charge on any atom is -0.508 e. The van der Waals surface area contributed by atoms with Gasteiger partial charge in [-0.1, -0.05) is 31.0 Å². The summed E-state index contributed by atoms with van der Waals surface area (Å²) in [5, 5.41) is 37.9. The van der Waals surface area contributed by atoms with Gasteiger partial charge in [0.15, 0.2) is 0 Å². The topological polar surface area (TPSA) is 123 Å². The monoisotopic (exact) mass is 567 g/mol. The predicted octanol–water partition coefficient (Wildman–Crippen LogP) is 5.89. The first-order chi connectivity index (χ1) is 19.9. The Bertz CT molecular complexity index is 1190. The summed E-state index contributed by atoms with van der Waals surface area (Å²) in [5.74, 6) is -0.319. The van der Waals surface area contributed by atoms with Gasteiger partial charge in [0.25, 0.3) is 0 Å². The van der Waals surface area contributed by atoms with Gasteiger partial charge < -0.3 is 36.0 Å². The second kappa shape index (κ2) is 18.0. The van der Waals surface area contributed by atoms with Crippen LogP contribution in [0.1, 0.15) is 61.3 Å². The highest BCUT2D eigenvalue weighted by Gasteiger charge is 2.10. The Balaban J connectivity index is 1.16. The molecule has 8 nitrogen and oxygen atoms in total. The summed E-state index contributed by atoms with van der Waals surface area (Å²) in [6, 6.07) is 17.8. The molecule has 0 saturated carbocycles. The van der Waals surface area contributed by atoms with Gasteiger partial charge in [-0.25, -0.2) is 9.18 Å². The maximum Gasteiger partial charge on any atom is 0.323 e. The van der Waals surface area contributed by atoms with Crippen LogP contribution in [0, 0.1) is 5.82 Å². The van der Waals surface area contributed by atoms with Crippen LogP contribution >= 0.6 is 0 Å². The Hall–Kier alpha value is -3.50. The van der Waals surface area contributed by atoms with Crippen LogP contribution in [0.15, 0.2) is 66.7 Å². The van der Waals surface area contributed by atoms with Crippen molar-refractivity contribution in [1.29, 1.82) is 0 Å². The molecule has 0 saturated heterocycles. The van der Waals surface area contributed by atoms with Crippen molar-refractivity contribution in [3.8, 4) is 5.75 Å². The molecule has 222 valence electrons. The molecule has 0 fully saturated rings. The number of rotatable bonds is 18. The average molecular weight is 568 g/mol. The fourth-order valence-electron chi connectivity index (χ4n) is 4.37. The average Bonchev–Trinajstić information content (AvgIpc) is 2.97. The number of halogens is 1. The van der Waals surface area contributed by atoms with Gasteiger partial charge in [-0.05, 0) is 98.3 Å². The van der Waals surface area contributed by atoms with E-state index in [2.05, 4.69) is 16.0 Å². The maximum absolute atomic E-state index is 13.0. The van der Waals surface area contributed by atoms with Crippen LogP contribution in [-0.4, -0.2) is 47.7 Å². The van der Waals surface area contributed by atoms with Crippen LogP contribution in [0.3, 0.4) is 0 Å². The number of benzene rings is 3. The van der Waals surface area contributed by atoms with Gasteiger partial charge in [-0.15, -0.1) is 0 Å². The lowest BCUT2D eigenvalue weighted by Gasteiger charge is -2.14. The summed E-state index contributed by atoms with van der Waals surface area (Å²) >= 11 is 0. The standard InChI is InChI=1S/C32H42FN3O5/c33-27-12-14-28(15-13-27)35-32(40)36-29-10-7-9-24(20-29)8-3-6-19-41-18-5-2-1-4-17-34-22-31(39)25-11-16-30(38)26(21-25)23-37/h7,9-16,20-21,31,34,37-39H,1-6,8,17-19,22-23H2,(H2,35,36,40)/t31-/m0/s1. The molecular formula is C32H42FN3O5. The van der Waals surface area contributed by atoms with E-state index in [9.17, 15) is 24.5 Å². The van der Waals surface area contributed by atoms with Crippen molar-refractivity contribution >= 4 is 17.4 Å². The number of urea groups is 1. The molecule has 9 heteroatoms. The van der Waals surface area contributed by atoms with Gasteiger partial charge in [-0.3, -0.25) is 0 Å². The lowest BCUT2D eigenvalue weighted by molar-refractivity contribution is 0.126. The Kier molecular flexibility index (Phi) is 14.1. The first kappa shape index (κ1) is 32.0. The number of aromatic hydroxyl groups is 1. The molecule has 1 atom stereocenters. The number of hydrogen-bond donors (Lipinski definition) is 6. The van der Waals surface area contributed by atoms with Crippen molar-refractivity contribution in [3.05, 3.63) is 89.2 Å². The summed E-state index contributed by atoms with van der Waals surface area (Å²) < 4.78 is 18.8. The van der Waals surface area contributed by atoms with E-state index in [1.54, 1.807) is 12.1 Å². The first-order valence-corrected chi connectivity index (χ1v) is 14.3. The molecule has 0 aromatic heterocycles. The summed E-state index contributed by atoms with van der Waals surface area (Å²) in [7, 11) is 0. The predicted molar refractivity (Wildman–Crippen MR) is 160 cm³/mol. The van der Waals surface area contributed by atoms with Crippen molar-refractivity contribution in [1.82, 2.24) is 5.32 Å². The number of carbonyl (C=O) groups excluding carboxylic acids is 1. The zero-order valence-corrected chi connectivity index (χ0v) is 23.4. The molecule has 41 heavy (non-hydrogen) atoms. The normalized spacial score (nSPS) is 11.8. The highest BCUT2D eigenvalue weighted by Crippen LogP contribution is 2.22. The Labute approximate surface area is 241 Å². The van der Waals surface area contributed by atoms with Crippen molar-refractivity contribution in [2.75, 3.05) is 36.9 Å². The molecule has 0 heterocycles. The molecule has 2 amide bonds. The number of aliphatic hydroxyl groups excluding tert-OH is 2. The largest absolute Gasteiger partial charge is 0.508 e. The van der Waals surface area contributed by atoms with E-state index in [0.29, 0.717) is 29.0 Å². The fraction of sp³-hybridized carbons (Fsp3) is 0.406. The molecule has 0 aliphatic heterocycles. The summed E-state index contributed by atoms with van der Waals surface area (Å²) in [6.45, 7) is 2.46. The van der Waals surface area contributed by atoms with Gasteiger partial charge in [-0.2, -0.15) is 0 Å². The third kappa shape index (κ3) is 12.3. The van der Waals surface area contributed by atoms with Gasteiger partial charge in [0.1, 0.15) is 11.6 Å². The zero-order valence-electron chi connectivity index (χ0n) is 23.4. The van der Waals surface area contributed by atoms with E-state index >= 15 is 0 Å². The molecule has 3 aromatic rings. The molecule has 0 aliphatic rings. The summed E-state index contributed by atoms with van der Waals surface area (Å²) in [5.41, 5.74) is 3.46. The van der Waals surface area contributed by atoms with Crippen LogP contribution in [-0.2, 0) is 17.8 Å². The molecule has 3 aromatic carbocycles. The Morgan fingerprint density at radius 3 is 2.37 bits per heavy atom. The van der Waals surface area contributed by atoms with E-state index < -0.39 is 6.10 Å². The molecular weight excluding hydrogens is 525 g/mol. The number of anilines is 2. The molecule has 0 radical (unpaired) electrons. The maximum atomic E-state index is 13.0. The van der Waals surface area contributed by atoms with Crippen LogP contribution in [0.5, 0.6) is 5.75 Å². The second-order valence-corrected chi connectivity index (χ2v) is 10.0. The highest BCUT2D eigenvalue weighted by atomic mass is 19.1. The minimum atomic E-state index is -0.685. The van der Waals surface area contributed by atoms with Crippen molar-refractivity contribution in [2.24, 2.45) is 0 Å². The number of aryl methyl sites for hydroxylation is 1. The van der Waals surface area contributed by atoms with Crippen LogP contribution in [0.4, 0.5) is 20.6 Å². The molecule has 0 bridgehead atoms. The van der Waals surface area contributed by atoms with Gasteiger partial charge in [0.2, 0.25) is 0 Å². The molecule has 0 spiro atoms. The van der Waals surface area contributed by atoms with E-state index in [-0.39, 0.29) is 24.2 Å². The van der Waals surface area contributed by atoms with Gasteiger partial charge in [0, 0.05) is 36.7 Å². The molecule has 6 N–H and O–H groups in total. The third-order valence-electron chi connectivity index (χ3n) is 6.68. The number of phenols is 1. The summed E-state index contributed by atoms with van der Waals surface area (Å²) in [4.78, 5) is 12.2. The number of hydrogen-bond acceptors (Lipinski definition) is 6. The zero-order chi connectivity index (χ0) is 29.3. The number of ether oxygens (including phenoxy) is 1. The van der Waals surface area contributed by atoms with Gasteiger partial charge >= 0.3 is 6.03 Å². The van der Waals surface area contributed by atoms with Crippen LogP contribution in [0.25, 0.3) is 0 Å².